The molecule has 0 bridgehead atoms. The average Bonchev–Trinajstić information content (AvgIpc) is 3.12. The van der Waals surface area contributed by atoms with Gasteiger partial charge in [-0.2, -0.15) is 0 Å². The molecule has 1 aromatic heterocycles. The highest BCUT2D eigenvalue weighted by atomic mass is 35.5. The predicted octanol–water partition coefficient (Wildman–Crippen LogP) is 2.72. The van der Waals surface area contributed by atoms with Gasteiger partial charge in [0.2, 0.25) is 0 Å². The first-order valence-corrected chi connectivity index (χ1v) is 7.56. The van der Waals surface area contributed by atoms with Crippen molar-refractivity contribution in [3.05, 3.63) is 59.9 Å². The first-order valence-electron chi connectivity index (χ1n) is 7.18. The molecule has 0 fully saturated rings. The summed E-state index contributed by atoms with van der Waals surface area (Å²) < 4.78 is 7.10. The van der Waals surface area contributed by atoms with E-state index in [0.717, 1.165) is 5.69 Å². The lowest BCUT2D eigenvalue weighted by atomic mass is 10.2. The normalized spacial score (nSPS) is 11.8. The Balaban J connectivity index is 1.66. The maximum atomic E-state index is 12.3. The minimum atomic E-state index is -0.664. The zero-order valence-electron chi connectivity index (χ0n) is 12.8. The molecular weight excluding hydrogens is 330 g/mol. The Morgan fingerprint density at radius 3 is 2.75 bits per heavy atom. The van der Waals surface area contributed by atoms with Gasteiger partial charge in [0.1, 0.15) is 12.1 Å². The highest BCUT2D eigenvalue weighted by molar-refractivity contribution is 6.30. The van der Waals surface area contributed by atoms with Gasteiger partial charge in [-0.3, -0.25) is 4.79 Å². The molecule has 0 radical (unpaired) electrons. The molecule has 0 spiro atoms. The number of carbonyl (C=O) groups excluding carboxylic acids is 1. The van der Waals surface area contributed by atoms with Gasteiger partial charge in [0, 0.05) is 10.7 Å². The predicted molar refractivity (Wildman–Crippen MR) is 89.3 cm³/mol. The second-order valence-corrected chi connectivity index (χ2v) is 5.44. The Kier molecular flexibility index (Phi) is 4.72. The number of nitrogens with one attached hydrogen (secondary N) is 1. The maximum absolute atomic E-state index is 12.3. The lowest BCUT2D eigenvalue weighted by Crippen LogP contribution is -2.30. The molecule has 0 saturated heterocycles. The molecule has 1 amide bonds. The fraction of sp³-hybridized carbons (Fsp3) is 0.125. The van der Waals surface area contributed by atoms with Crippen molar-refractivity contribution in [1.29, 1.82) is 0 Å². The molecule has 2 aromatic carbocycles. The Labute approximate surface area is 143 Å². The Morgan fingerprint density at radius 2 is 2.04 bits per heavy atom. The second-order valence-electron chi connectivity index (χ2n) is 5.01. The standard InChI is InChI=1S/C16H14ClN5O2/c1-11(24-15-7-5-12(17)6-8-15)16(23)19-13-3-2-4-14(9-13)22-10-18-20-21-22/h2-11H,1H3,(H,19,23). The smallest absolute Gasteiger partial charge is 0.265 e. The maximum Gasteiger partial charge on any atom is 0.265 e. The third-order valence-electron chi connectivity index (χ3n) is 3.22. The van der Waals surface area contributed by atoms with Crippen molar-refractivity contribution >= 4 is 23.2 Å². The quantitative estimate of drug-likeness (QED) is 0.770. The Bertz CT molecular complexity index is 821. The van der Waals surface area contributed by atoms with Crippen molar-refractivity contribution in [3.8, 4) is 11.4 Å². The van der Waals surface area contributed by atoms with Crippen molar-refractivity contribution in [1.82, 2.24) is 20.2 Å². The number of rotatable bonds is 5. The number of aromatic nitrogens is 4. The van der Waals surface area contributed by atoms with E-state index in [4.69, 9.17) is 16.3 Å². The van der Waals surface area contributed by atoms with Crippen LogP contribution in [0.2, 0.25) is 5.02 Å². The molecule has 0 aliphatic carbocycles. The van der Waals surface area contributed by atoms with Crippen LogP contribution in [0.15, 0.2) is 54.9 Å². The van der Waals surface area contributed by atoms with Crippen molar-refractivity contribution in [2.75, 3.05) is 5.32 Å². The first kappa shape index (κ1) is 15.9. The molecule has 0 saturated carbocycles. The van der Waals surface area contributed by atoms with Crippen LogP contribution in [0, 0.1) is 0 Å². The van der Waals surface area contributed by atoms with Gasteiger partial charge in [-0.15, -0.1) is 5.10 Å². The van der Waals surface area contributed by atoms with E-state index in [2.05, 4.69) is 20.8 Å². The van der Waals surface area contributed by atoms with Gasteiger partial charge in [0.15, 0.2) is 6.10 Å². The van der Waals surface area contributed by atoms with Crippen LogP contribution < -0.4 is 10.1 Å². The third kappa shape index (κ3) is 3.88. The summed E-state index contributed by atoms with van der Waals surface area (Å²) in [5.41, 5.74) is 1.36. The van der Waals surface area contributed by atoms with Gasteiger partial charge in [0.25, 0.3) is 5.91 Å². The van der Waals surface area contributed by atoms with Crippen molar-refractivity contribution in [3.63, 3.8) is 0 Å². The van der Waals surface area contributed by atoms with Gasteiger partial charge < -0.3 is 10.1 Å². The van der Waals surface area contributed by atoms with E-state index in [-0.39, 0.29) is 5.91 Å². The Morgan fingerprint density at radius 1 is 1.25 bits per heavy atom. The van der Waals surface area contributed by atoms with Gasteiger partial charge in [-0.05, 0) is 59.8 Å². The molecule has 1 unspecified atom stereocenters. The van der Waals surface area contributed by atoms with E-state index < -0.39 is 6.10 Å². The van der Waals surface area contributed by atoms with Crippen LogP contribution in [-0.2, 0) is 4.79 Å². The van der Waals surface area contributed by atoms with Crippen LogP contribution >= 0.6 is 11.6 Å². The fourth-order valence-electron chi connectivity index (χ4n) is 2.02. The van der Waals surface area contributed by atoms with Gasteiger partial charge in [-0.25, -0.2) is 4.68 Å². The highest BCUT2D eigenvalue weighted by Crippen LogP contribution is 2.18. The molecule has 7 nitrogen and oxygen atoms in total. The lowest BCUT2D eigenvalue weighted by molar-refractivity contribution is -0.122. The number of hydrogen-bond donors (Lipinski definition) is 1. The van der Waals surface area contributed by atoms with E-state index in [1.165, 1.54) is 11.0 Å². The zero-order valence-corrected chi connectivity index (χ0v) is 13.5. The van der Waals surface area contributed by atoms with Crippen LogP contribution in [0.4, 0.5) is 5.69 Å². The Hall–Kier alpha value is -2.93. The fourth-order valence-corrected chi connectivity index (χ4v) is 2.15. The van der Waals surface area contributed by atoms with Crippen molar-refractivity contribution in [2.45, 2.75) is 13.0 Å². The molecule has 1 N–H and O–H groups in total. The number of benzene rings is 2. The van der Waals surface area contributed by atoms with Crippen molar-refractivity contribution in [2.24, 2.45) is 0 Å². The largest absolute Gasteiger partial charge is 0.481 e. The lowest BCUT2D eigenvalue weighted by Gasteiger charge is -2.15. The van der Waals surface area contributed by atoms with E-state index in [1.54, 1.807) is 49.4 Å². The number of ether oxygens (including phenoxy) is 1. The summed E-state index contributed by atoms with van der Waals surface area (Å²) in [7, 11) is 0. The van der Waals surface area contributed by atoms with E-state index in [0.29, 0.717) is 16.5 Å². The summed E-state index contributed by atoms with van der Waals surface area (Å²) in [6, 6.07) is 14.0. The van der Waals surface area contributed by atoms with Crippen LogP contribution in [0.3, 0.4) is 0 Å². The molecule has 1 heterocycles. The zero-order chi connectivity index (χ0) is 16.9. The van der Waals surface area contributed by atoms with Crippen LogP contribution in [0.25, 0.3) is 5.69 Å². The molecule has 3 aromatic rings. The number of hydrogen-bond acceptors (Lipinski definition) is 5. The molecule has 24 heavy (non-hydrogen) atoms. The molecule has 0 aliphatic rings. The van der Waals surface area contributed by atoms with Gasteiger partial charge in [0.05, 0.1) is 5.69 Å². The summed E-state index contributed by atoms with van der Waals surface area (Å²) in [5, 5.41) is 14.4. The number of carbonyl (C=O) groups is 1. The molecule has 8 heteroatoms. The molecule has 1 atom stereocenters. The second kappa shape index (κ2) is 7.10. The third-order valence-corrected chi connectivity index (χ3v) is 3.47. The molecular formula is C16H14ClN5O2. The van der Waals surface area contributed by atoms with E-state index >= 15 is 0 Å². The topological polar surface area (TPSA) is 81.9 Å². The van der Waals surface area contributed by atoms with Gasteiger partial charge >= 0.3 is 0 Å². The number of anilines is 1. The number of nitrogens with zero attached hydrogens (tertiary/aromatic N) is 4. The number of tetrazole rings is 1. The van der Waals surface area contributed by atoms with E-state index in [1.807, 2.05) is 6.07 Å². The summed E-state index contributed by atoms with van der Waals surface area (Å²) in [5.74, 6) is 0.309. The first-order chi connectivity index (χ1) is 11.6. The van der Waals surface area contributed by atoms with Crippen LogP contribution in [0.5, 0.6) is 5.75 Å². The van der Waals surface area contributed by atoms with Crippen molar-refractivity contribution < 1.29 is 9.53 Å². The summed E-state index contributed by atoms with van der Waals surface area (Å²) >= 11 is 5.82. The average molecular weight is 344 g/mol. The van der Waals surface area contributed by atoms with Crippen LogP contribution in [0.1, 0.15) is 6.92 Å². The highest BCUT2D eigenvalue weighted by Gasteiger charge is 2.15. The molecule has 0 aliphatic heterocycles. The molecule has 3 rings (SSSR count). The SMILES string of the molecule is CC(Oc1ccc(Cl)cc1)C(=O)Nc1cccc(-n2cnnn2)c1. The summed E-state index contributed by atoms with van der Waals surface area (Å²) in [4.78, 5) is 12.3. The minimum Gasteiger partial charge on any atom is -0.481 e. The van der Waals surface area contributed by atoms with Crippen LogP contribution in [-0.4, -0.2) is 32.2 Å². The number of halogens is 1. The minimum absolute atomic E-state index is 0.265. The monoisotopic (exact) mass is 343 g/mol. The summed E-state index contributed by atoms with van der Waals surface area (Å²) in [6.45, 7) is 1.68. The molecule has 122 valence electrons. The number of amides is 1. The van der Waals surface area contributed by atoms with Gasteiger partial charge in [-0.1, -0.05) is 17.7 Å². The van der Waals surface area contributed by atoms with E-state index in [9.17, 15) is 4.79 Å². The summed E-state index contributed by atoms with van der Waals surface area (Å²) in [6.07, 6.45) is 0.815.